The van der Waals surface area contributed by atoms with Crippen molar-refractivity contribution in [1.82, 2.24) is 9.29 Å². The molecule has 0 spiro atoms. The van der Waals surface area contributed by atoms with Crippen molar-refractivity contribution in [2.24, 2.45) is 7.05 Å². The van der Waals surface area contributed by atoms with Crippen molar-refractivity contribution < 1.29 is 13.2 Å². The molecule has 0 saturated carbocycles. The van der Waals surface area contributed by atoms with Gasteiger partial charge in [-0.2, -0.15) is 0 Å². The third kappa shape index (κ3) is 3.02. The maximum atomic E-state index is 12.5. The maximum Gasteiger partial charge on any atom is 0.241 e. The molecule has 0 fully saturated rings. The number of aryl methyl sites for hydroxylation is 2. The predicted molar refractivity (Wildman–Crippen MR) is 94.7 cm³/mol. The highest BCUT2D eigenvalue weighted by Gasteiger charge is 2.17. The van der Waals surface area contributed by atoms with Crippen molar-refractivity contribution in [3.63, 3.8) is 0 Å². The first kappa shape index (κ1) is 16.5. The van der Waals surface area contributed by atoms with Crippen LogP contribution in [-0.2, 0) is 23.6 Å². The molecule has 0 radical (unpaired) electrons. The largest absolute Gasteiger partial charge is 0.497 e. The van der Waals surface area contributed by atoms with Crippen molar-refractivity contribution in [2.75, 3.05) is 7.11 Å². The number of fused-ring (bicyclic) bond motifs is 1. The molecule has 1 aromatic heterocycles. The molecule has 5 nitrogen and oxygen atoms in total. The van der Waals surface area contributed by atoms with Crippen molar-refractivity contribution in [2.45, 2.75) is 18.4 Å². The van der Waals surface area contributed by atoms with E-state index in [0.29, 0.717) is 4.90 Å². The molecule has 3 rings (SSSR count). The molecule has 0 aliphatic heterocycles. The Balaban J connectivity index is 1.92. The average Bonchev–Trinajstić information content (AvgIpc) is 2.89. The molecule has 0 unspecified atom stereocenters. The first-order valence-corrected chi connectivity index (χ1v) is 9.08. The fourth-order valence-corrected chi connectivity index (χ4v) is 4.08. The van der Waals surface area contributed by atoms with Gasteiger partial charge < -0.3 is 9.30 Å². The van der Waals surface area contributed by atoms with Crippen LogP contribution in [0, 0.1) is 6.92 Å². The van der Waals surface area contributed by atoms with E-state index in [0.717, 1.165) is 27.8 Å². The Morgan fingerprint density at radius 3 is 2.62 bits per heavy atom. The van der Waals surface area contributed by atoms with Crippen LogP contribution >= 0.6 is 0 Å². The van der Waals surface area contributed by atoms with Gasteiger partial charge >= 0.3 is 0 Å². The number of hydrogen-bond donors (Lipinski definition) is 1. The molecule has 0 aliphatic rings. The number of ether oxygens (including phenoxy) is 1. The van der Waals surface area contributed by atoms with E-state index in [2.05, 4.69) is 4.72 Å². The summed E-state index contributed by atoms with van der Waals surface area (Å²) in [5.74, 6) is 0.747. The summed E-state index contributed by atoms with van der Waals surface area (Å²) < 4.78 is 35.0. The van der Waals surface area contributed by atoms with E-state index < -0.39 is 10.0 Å². The molecule has 0 bridgehead atoms. The van der Waals surface area contributed by atoms with Crippen LogP contribution in [0.4, 0.5) is 0 Å². The Morgan fingerprint density at radius 2 is 1.92 bits per heavy atom. The quantitative estimate of drug-likeness (QED) is 0.774. The summed E-state index contributed by atoms with van der Waals surface area (Å²) in [5, 5.41) is 0.976. The molecule has 0 aliphatic carbocycles. The molecule has 1 heterocycles. The molecule has 6 heteroatoms. The van der Waals surface area contributed by atoms with Crippen LogP contribution in [0.1, 0.15) is 11.1 Å². The number of benzene rings is 2. The van der Waals surface area contributed by atoms with Gasteiger partial charge in [0, 0.05) is 30.7 Å². The number of rotatable bonds is 5. The molecule has 1 N–H and O–H groups in total. The van der Waals surface area contributed by atoms with Crippen molar-refractivity contribution >= 4 is 20.9 Å². The van der Waals surface area contributed by atoms with E-state index >= 15 is 0 Å². The van der Waals surface area contributed by atoms with Crippen LogP contribution in [0.15, 0.2) is 53.6 Å². The normalized spacial score (nSPS) is 11.8. The van der Waals surface area contributed by atoms with Gasteiger partial charge in [0.1, 0.15) is 5.75 Å². The zero-order chi connectivity index (χ0) is 17.3. The zero-order valence-corrected chi connectivity index (χ0v) is 14.7. The second kappa shape index (κ2) is 6.30. The highest BCUT2D eigenvalue weighted by atomic mass is 32.2. The van der Waals surface area contributed by atoms with Gasteiger partial charge in [0.2, 0.25) is 10.0 Å². The number of nitrogens with one attached hydrogen (secondary N) is 1. The monoisotopic (exact) mass is 344 g/mol. The van der Waals surface area contributed by atoms with Gasteiger partial charge in [-0.25, -0.2) is 13.1 Å². The number of methoxy groups -OCH3 is 1. The summed E-state index contributed by atoms with van der Waals surface area (Å²) in [4.78, 5) is 0.308. The summed E-state index contributed by atoms with van der Waals surface area (Å²) in [6.07, 6.45) is 1.93. The van der Waals surface area contributed by atoms with E-state index in [4.69, 9.17) is 4.74 Å². The highest BCUT2D eigenvalue weighted by molar-refractivity contribution is 7.89. The predicted octanol–water partition coefficient (Wildman–Crippen LogP) is 2.97. The van der Waals surface area contributed by atoms with Gasteiger partial charge in [-0.1, -0.05) is 18.2 Å². The zero-order valence-electron chi connectivity index (χ0n) is 13.9. The van der Waals surface area contributed by atoms with Gasteiger partial charge in [-0.05, 0) is 42.3 Å². The van der Waals surface area contributed by atoms with Crippen LogP contribution in [0.25, 0.3) is 10.9 Å². The standard InChI is InChI=1S/C18H20N2O3S/c1-13-6-4-5-7-18(13)24(21,22)19-11-14-12-20(2)17-9-8-15(23-3)10-16(14)17/h4-10,12,19H,11H2,1-3H3. The van der Waals surface area contributed by atoms with Crippen LogP contribution in [0.2, 0.25) is 0 Å². The SMILES string of the molecule is COc1ccc2c(c1)c(CNS(=O)(=O)c1ccccc1C)cn2C. The molecule has 126 valence electrons. The summed E-state index contributed by atoms with van der Waals surface area (Å²) in [5.41, 5.74) is 2.66. The number of hydrogen-bond acceptors (Lipinski definition) is 3. The van der Waals surface area contributed by atoms with Crippen LogP contribution in [0.3, 0.4) is 0 Å². The average molecular weight is 344 g/mol. The van der Waals surface area contributed by atoms with Gasteiger partial charge in [-0.15, -0.1) is 0 Å². The number of aromatic nitrogens is 1. The Kier molecular flexibility index (Phi) is 4.34. The molecule has 3 aromatic rings. The summed E-state index contributed by atoms with van der Waals surface area (Å²) >= 11 is 0. The molecule has 24 heavy (non-hydrogen) atoms. The first-order chi connectivity index (χ1) is 11.4. The first-order valence-electron chi connectivity index (χ1n) is 7.59. The van der Waals surface area contributed by atoms with E-state index in [1.807, 2.05) is 42.1 Å². The lowest BCUT2D eigenvalue weighted by molar-refractivity contribution is 0.415. The number of nitrogens with zero attached hydrogens (tertiary/aromatic N) is 1. The van der Waals surface area contributed by atoms with Gasteiger partial charge in [-0.3, -0.25) is 0 Å². The minimum atomic E-state index is -3.55. The lowest BCUT2D eigenvalue weighted by atomic mass is 10.1. The topological polar surface area (TPSA) is 60.3 Å². The third-order valence-electron chi connectivity index (χ3n) is 4.11. The van der Waals surface area contributed by atoms with E-state index in [9.17, 15) is 8.42 Å². The maximum absolute atomic E-state index is 12.5. The molecular weight excluding hydrogens is 324 g/mol. The summed E-state index contributed by atoms with van der Waals surface area (Å²) in [6, 6.07) is 12.7. The van der Waals surface area contributed by atoms with E-state index in [-0.39, 0.29) is 6.54 Å². The second-order valence-corrected chi connectivity index (χ2v) is 7.47. The Labute approximate surface area is 141 Å². The Hall–Kier alpha value is -2.31. The molecule has 0 amide bonds. The minimum absolute atomic E-state index is 0.223. The Bertz CT molecular complexity index is 991. The summed E-state index contributed by atoms with van der Waals surface area (Å²) in [7, 11) is -0.000340. The van der Waals surface area contributed by atoms with Crippen molar-refractivity contribution in [3.05, 3.63) is 59.8 Å². The Morgan fingerprint density at radius 1 is 1.17 bits per heavy atom. The lowest BCUT2D eigenvalue weighted by Crippen LogP contribution is -2.23. The van der Waals surface area contributed by atoms with Crippen LogP contribution in [0.5, 0.6) is 5.75 Å². The second-order valence-electron chi connectivity index (χ2n) is 5.74. The van der Waals surface area contributed by atoms with E-state index in [1.54, 1.807) is 32.2 Å². The van der Waals surface area contributed by atoms with Crippen molar-refractivity contribution in [3.8, 4) is 5.75 Å². The number of sulfonamides is 1. The lowest BCUT2D eigenvalue weighted by Gasteiger charge is -2.09. The fraction of sp³-hybridized carbons (Fsp3) is 0.222. The fourth-order valence-electron chi connectivity index (χ4n) is 2.83. The van der Waals surface area contributed by atoms with E-state index in [1.165, 1.54) is 0 Å². The molecular formula is C18H20N2O3S. The van der Waals surface area contributed by atoms with Crippen molar-refractivity contribution in [1.29, 1.82) is 0 Å². The van der Waals surface area contributed by atoms with Crippen LogP contribution < -0.4 is 9.46 Å². The van der Waals surface area contributed by atoms with Gasteiger partial charge in [0.05, 0.1) is 12.0 Å². The molecule has 2 aromatic carbocycles. The molecule has 0 saturated heterocycles. The smallest absolute Gasteiger partial charge is 0.241 e. The summed E-state index contributed by atoms with van der Waals surface area (Å²) in [6.45, 7) is 2.01. The van der Waals surface area contributed by atoms with Gasteiger partial charge in [0.15, 0.2) is 0 Å². The van der Waals surface area contributed by atoms with Crippen LogP contribution in [-0.4, -0.2) is 20.1 Å². The third-order valence-corrected chi connectivity index (χ3v) is 5.68. The molecule has 0 atom stereocenters. The minimum Gasteiger partial charge on any atom is -0.497 e. The highest BCUT2D eigenvalue weighted by Crippen LogP contribution is 2.26. The van der Waals surface area contributed by atoms with Gasteiger partial charge in [0.25, 0.3) is 0 Å².